The molecule has 0 unspecified atom stereocenters. The number of likely N-dealkylation sites (tertiary alicyclic amines) is 1. The van der Waals surface area contributed by atoms with Gasteiger partial charge in [0.15, 0.2) is 0 Å². The van der Waals surface area contributed by atoms with Crippen LogP contribution in [0, 0.1) is 6.92 Å². The number of rotatable bonds is 1. The van der Waals surface area contributed by atoms with Crippen LogP contribution in [0.1, 0.15) is 22.8 Å². The zero-order chi connectivity index (χ0) is 11.9. The first-order valence-electron chi connectivity index (χ1n) is 5.17. The molecule has 0 aromatic heterocycles. The van der Waals surface area contributed by atoms with Gasteiger partial charge in [-0.25, -0.2) is 0 Å². The summed E-state index contributed by atoms with van der Waals surface area (Å²) in [7, 11) is 0. The molecule has 1 aliphatic rings. The Morgan fingerprint density at radius 1 is 1.50 bits per heavy atom. The lowest BCUT2D eigenvalue weighted by Crippen LogP contribution is -2.61. The normalized spacial score (nSPS) is 18.1. The summed E-state index contributed by atoms with van der Waals surface area (Å²) in [6.45, 7) is 4.49. The number of hydrogen-bond acceptors (Lipinski definition) is 2. The molecule has 0 bridgehead atoms. The average molecular weight is 284 g/mol. The van der Waals surface area contributed by atoms with E-state index in [-0.39, 0.29) is 5.91 Å². The van der Waals surface area contributed by atoms with Crippen LogP contribution in [-0.4, -0.2) is 34.6 Å². The van der Waals surface area contributed by atoms with Crippen LogP contribution in [0.25, 0.3) is 0 Å². The molecule has 4 heteroatoms. The van der Waals surface area contributed by atoms with Crippen molar-refractivity contribution in [3.8, 4) is 0 Å². The summed E-state index contributed by atoms with van der Waals surface area (Å²) >= 11 is 3.37. The van der Waals surface area contributed by atoms with Crippen molar-refractivity contribution in [1.82, 2.24) is 4.90 Å². The predicted octanol–water partition coefficient (Wildman–Crippen LogP) is 1.96. The highest BCUT2D eigenvalue weighted by molar-refractivity contribution is 9.10. The standard InChI is InChI=1S/C12H14BrNO2/c1-8-5-9(13)3-4-10(8)11(15)14-6-12(2,16)7-14/h3-5,16H,6-7H2,1-2H3. The second-order valence-electron chi connectivity index (χ2n) is 4.62. The highest BCUT2D eigenvalue weighted by Crippen LogP contribution is 2.24. The number of amides is 1. The summed E-state index contributed by atoms with van der Waals surface area (Å²) in [5.74, 6) is -0.00322. The van der Waals surface area contributed by atoms with Gasteiger partial charge in [0.25, 0.3) is 5.91 Å². The Kier molecular flexibility index (Phi) is 2.80. The molecule has 1 aliphatic heterocycles. The molecule has 0 aliphatic carbocycles. The number of benzene rings is 1. The maximum atomic E-state index is 12.0. The van der Waals surface area contributed by atoms with Crippen LogP contribution < -0.4 is 0 Å². The zero-order valence-electron chi connectivity index (χ0n) is 9.33. The Labute approximate surface area is 103 Å². The predicted molar refractivity (Wildman–Crippen MR) is 65.4 cm³/mol. The first kappa shape index (κ1) is 11.6. The van der Waals surface area contributed by atoms with Crippen molar-refractivity contribution < 1.29 is 9.90 Å². The van der Waals surface area contributed by atoms with Crippen molar-refractivity contribution in [1.29, 1.82) is 0 Å². The molecule has 1 amide bonds. The molecule has 2 rings (SSSR count). The fourth-order valence-corrected chi connectivity index (χ4v) is 2.43. The van der Waals surface area contributed by atoms with Gasteiger partial charge >= 0.3 is 0 Å². The topological polar surface area (TPSA) is 40.5 Å². The van der Waals surface area contributed by atoms with Crippen LogP contribution in [0.3, 0.4) is 0 Å². The van der Waals surface area contributed by atoms with E-state index in [9.17, 15) is 9.90 Å². The van der Waals surface area contributed by atoms with E-state index < -0.39 is 5.60 Å². The largest absolute Gasteiger partial charge is 0.386 e. The van der Waals surface area contributed by atoms with Crippen molar-refractivity contribution in [2.45, 2.75) is 19.4 Å². The molecule has 0 radical (unpaired) electrons. The summed E-state index contributed by atoms with van der Waals surface area (Å²) < 4.78 is 0.970. The van der Waals surface area contributed by atoms with Crippen LogP contribution >= 0.6 is 15.9 Å². The summed E-state index contributed by atoms with van der Waals surface area (Å²) in [4.78, 5) is 13.7. The van der Waals surface area contributed by atoms with Crippen molar-refractivity contribution in [3.05, 3.63) is 33.8 Å². The number of hydrogen-bond donors (Lipinski definition) is 1. The number of aliphatic hydroxyl groups is 1. The molecule has 0 spiro atoms. The fourth-order valence-electron chi connectivity index (χ4n) is 1.96. The highest BCUT2D eigenvalue weighted by atomic mass is 79.9. The first-order chi connectivity index (χ1) is 7.39. The number of halogens is 1. The maximum Gasteiger partial charge on any atom is 0.254 e. The van der Waals surface area contributed by atoms with Gasteiger partial charge in [-0.3, -0.25) is 4.79 Å². The number of nitrogens with zero attached hydrogens (tertiary/aromatic N) is 1. The van der Waals surface area contributed by atoms with Gasteiger partial charge < -0.3 is 10.0 Å². The quantitative estimate of drug-likeness (QED) is 0.856. The molecule has 1 aromatic rings. The van der Waals surface area contributed by atoms with Crippen LogP contribution in [0.15, 0.2) is 22.7 Å². The Morgan fingerprint density at radius 3 is 2.62 bits per heavy atom. The minimum Gasteiger partial charge on any atom is -0.386 e. The third-order valence-electron chi connectivity index (χ3n) is 2.77. The molecule has 1 saturated heterocycles. The average Bonchev–Trinajstić information content (AvgIpc) is 2.13. The van der Waals surface area contributed by atoms with Crippen LogP contribution in [0.4, 0.5) is 0 Å². The number of carbonyl (C=O) groups is 1. The highest BCUT2D eigenvalue weighted by Gasteiger charge is 2.39. The molecule has 3 nitrogen and oxygen atoms in total. The second-order valence-corrected chi connectivity index (χ2v) is 5.53. The molecule has 1 aromatic carbocycles. The number of carbonyl (C=O) groups excluding carboxylic acids is 1. The first-order valence-corrected chi connectivity index (χ1v) is 5.96. The minimum atomic E-state index is -0.709. The number of aryl methyl sites for hydroxylation is 1. The Balaban J connectivity index is 2.16. The molecule has 1 N–H and O–H groups in total. The molecule has 0 atom stereocenters. The molecular formula is C12H14BrNO2. The van der Waals surface area contributed by atoms with Gasteiger partial charge in [-0.15, -0.1) is 0 Å². The lowest BCUT2D eigenvalue weighted by atomic mass is 9.95. The maximum absolute atomic E-state index is 12.0. The van der Waals surface area contributed by atoms with Crippen molar-refractivity contribution in [2.24, 2.45) is 0 Å². The summed E-state index contributed by atoms with van der Waals surface area (Å²) in [5.41, 5.74) is 0.948. The van der Waals surface area contributed by atoms with E-state index in [2.05, 4.69) is 15.9 Å². The van der Waals surface area contributed by atoms with Crippen molar-refractivity contribution >= 4 is 21.8 Å². The lowest BCUT2D eigenvalue weighted by molar-refractivity contribution is -0.0669. The van der Waals surface area contributed by atoms with Crippen LogP contribution in [0.2, 0.25) is 0 Å². The summed E-state index contributed by atoms with van der Waals surface area (Å²) in [5, 5.41) is 9.59. The van der Waals surface area contributed by atoms with E-state index in [0.717, 1.165) is 10.0 Å². The minimum absolute atomic E-state index is 0.00322. The van der Waals surface area contributed by atoms with Gasteiger partial charge in [0.2, 0.25) is 0 Å². The summed E-state index contributed by atoms with van der Waals surface area (Å²) in [6, 6.07) is 5.60. The SMILES string of the molecule is Cc1cc(Br)ccc1C(=O)N1CC(C)(O)C1. The van der Waals surface area contributed by atoms with Gasteiger partial charge in [-0.05, 0) is 37.6 Å². The molecule has 1 fully saturated rings. The lowest BCUT2D eigenvalue weighted by Gasteiger charge is -2.44. The van der Waals surface area contributed by atoms with Gasteiger partial charge in [0, 0.05) is 10.0 Å². The van der Waals surface area contributed by atoms with E-state index in [1.165, 1.54) is 0 Å². The van der Waals surface area contributed by atoms with Crippen molar-refractivity contribution in [3.63, 3.8) is 0 Å². The van der Waals surface area contributed by atoms with Gasteiger partial charge in [-0.2, -0.15) is 0 Å². The second kappa shape index (κ2) is 3.86. The monoisotopic (exact) mass is 283 g/mol. The Hall–Kier alpha value is -0.870. The van der Waals surface area contributed by atoms with Crippen molar-refractivity contribution in [2.75, 3.05) is 13.1 Å². The Morgan fingerprint density at radius 2 is 2.12 bits per heavy atom. The number of β-amino-alcohol motifs (C(OH)–C–C–N with tert-alkyl or cyclic N) is 1. The van der Waals surface area contributed by atoms with Gasteiger partial charge in [0.1, 0.15) is 0 Å². The third kappa shape index (κ3) is 2.13. The third-order valence-corrected chi connectivity index (χ3v) is 3.26. The smallest absolute Gasteiger partial charge is 0.254 e. The van der Waals surface area contributed by atoms with E-state index in [1.807, 2.05) is 25.1 Å². The van der Waals surface area contributed by atoms with Gasteiger partial charge in [0.05, 0.1) is 18.7 Å². The summed E-state index contributed by atoms with van der Waals surface area (Å²) in [6.07, 6.45) is 0. The van der Waals surface area contributed by atoms with Crippen LogP contribution in [-0.2, 0) is 0 Å². The van der Waals surface area contributed by atoms with Crippen LogP contribution in [0.5, 0.6) is 0 Å². The van der Waals surface area contributed by atoms with E-state index >= 15 is 0 Å². The zero-order valence-corrected chi connectivity index (χ0v) is 10.9. The molecule has 16 heavy (non-hydrogen) atoms. The van der Waals surface area contributed by atoms with E-state index in [0.29, 0.717) is 18.7 Å². The van der Waals surface area contributed by atoms with E-state index in [1.54, 1.807) is 11.8 Å². The molecule has 86 valence electrons. The van der Waals surface area contributed by atoms with E-state index in [4.69, 9.17) is 0 Å². The van der Waals surface area contributed by atoms with Gasteiger partial charge in [-0.1, -0.05) is 15.9 Å². The molecule has 0 saturated carbocycles. The molecule has 1 heterocycles. The fraction of sp³-hybridized carbons (Fsp3) is 0.417. The molecular weight excluding hydrogens is 270 g/mol. The Bertz CT molecular complexity index is 435.